The normalized spacial score (nSPS) is 15.0. The molecule has 0 bridgehead atoms. The Balaban J connectivity index is 1.28. The molecule has 7 nitrogen and oxygen atoms in total. The molecule has 31 heavy (non-hydrogen) atoms. The lowest BCUT2D eigenvalue weighted by atomic mass is 10.1. The van der Waals surface area contributed by atoms with Crippen molar-refractivity contribution in [3.05, 3.63) is 59.9 Å². The Morgan fingerprint density at radius 1 is 0.968 bits per heavy atom. The third-order valence-electron chi connectivity index (χ3n) is 5.44. The second-order valence-electron chi connectivity index (χ2n) is 7.91. The highest BCUT2D eigenvalue weighted by molar-refractivity contribution is 5.81. The summed E-state index contributed by atoms with van der Waals surface area (Å²) in [5, 5.41) is 0. The third kappa shape index (κ3) is 4.66. The van der Waals surface area contributed by atoms with Crippen LogP contribution < -0.4 is 14.2 Å². The Bertz CT molecular complexity index is 1110. The Hall–Kier alpha value is -3.48. The quantitative estimate of drug-likeness (QED) is 0.515. The topological polar surface area (TPSA) is 79.2 Å². The van der Waals surface area contributed by atoms with Crippen LogP contribution in [0, 0.1) is 12.8 Å². The fourth-order valence-corrected chi connectivity index (χ4v) is 3.28. The highest BCUT2D eigenvalue weighted by Gasteiger charge is 2.25. The number of aryl methyl sites for hydroxylation is 1. The van der Waals surface area contributed by atoms with Crippen LogP contribution in [-0.4, -0.2) is 40.3 Å². The first-order chi connectivity index (χ1) is 15.2. The predicted octanol–water partition coefficient (Wildman–Crippen LogP) is 4.28. The lowest BCUT2D eigenvalue weighted by Gasteiger charge is -2.10. The summed E-state index contributed by atoms with van der Waals surface area (Å²) in [5.74, 6) is 3.31. The molecule has 158 valence electrons. The smallest absolute Gasteiger partial charge is 0.225 e. The van der Waals surface area contributed by atoms with Crippen LogP contribution in [0.3, 0.4) is 0 Å². The van der Waals surface area contributed by atoms with E-state index < -0.39 is 0 Å². The van der Waals surface area contributed by atoms with Gasteiger partial charge in [-0.3, -0.25) is 4.98 Å². The van der Waals surface area contributed by atoms with E-state index in [2.05, 4.69) is 19.9 Å². The minimum Gasteiger partial charge on any atom is -0.495 e. The van der Waals surface area contributed by atoms with E-state index in [4.69, 9.17) is 14.2 Å². The second kappa shape index (κ2) is 8.34. The van der Waals surface area contributed by atoms with Crippen molar-refractivity contribution in [3.63, 3.8) is 0 Å². The molecule has 0 N–H and O–H groups in total. The maximum atomic E-state index is 6.09. The summed E-state index contributed by atoms with van der Waals surface area (Å²) in [5.41, 5.74) is 5.12. The Morgan fingerprint density at radius 2 is 1.87 bits per heavy atom. The lowest BCUT2D eigenvalue weighted by molar-refractivity contribution is 0.288. The van der Waals surface area contributed by atoms with Gasteiger partial charge in [0.2, 0.25) is 11.8 Å². The molecule has 2 aliphatic carbocycles. The van der Waals surface area contributed by atoms with Gasteiger partial charge >= 0.3 is 0 Å². The molecular formula is C24H24N4O3. The summed E-state index contributed by atoms with van der Waals surface area (Å²) in [6.45, 7) is 3.07. The number of allylic oxidation sites excluding steroid dienone is 1. The van der Waals surface area contributed by atoms with Gasteiger partial charge in [-0.25, -0.2) is 9.97 Å². The first-order valence-corrected chi connectivity index (χ1v) is 10.5. The van der Waals surface area contributed by atoms with E-state index in [1.165, 1.54) is 24.0 Å². The molecule has 1 saturated carbocycles. The van der Waals surface area contributed by atoms with E-state index in [9.17, 15) is 0 Å². The SMILES string of the molecule is COc1ccc(C2=C(COc3nc(C)ncc3-c3ccc(OCC4CC4)nc3)C2)nc1. The summed E-state index contributed by atoms with van der Waals surface area (Å²) < 4.78 is 17.0. The summed E-state index contributed by atoms with van der Waals surface area (Å²) in [6, 6.07) is 7.75. The summed E-state index contributed by atoms with van der Waals surface area (Å²) in [4.78, 5) is 17.7. The highest BCUT2D eigenvalue weighted by atomic mass is 16.5. The van der Waals surface area contributed by atoms with Crippen molar-refractivity contribution in [2.45, 2.75) is 26.2 Å². The number of methoxy groups -OCH3 is 1. The van der Waals surface area contributed by atoms with Gasteiger partial charge in [-0.1, -0.05) is 0 Å². The first-order valence-electron chi connectivity index (χ1n) is 10.5. The monoisotopic (exact) mass is 416 g/mol. The summed E-state index contributed by atoms with van der Waals surface area (Å²) >= 11 is 0. The molecule has 0 atom stereocenters. The van der Waals surface area contributed by atoms with Crippen molar-refractivity contribution in [1.82, 2.24) is 19.9 Å². The maximum Gasteiger partial charge on any atom is 0.225 e. The summed E-state index contributed by atoms with van der Waals surface area (Å²) in [7, 11) is 1.64. The average molecular weight is 416 g/mol. The fourth-order valence-electron chi connectivity index (χ4n) is 3.28. The second-order valence-corrected chi connectivity index (χ2v) is 7.91. The molecule has 0 amide bonds. The molecule has 0 saturated heterocycles. The van der Waals surface area contributed by atoms with E-state index in [0.717, 1.165) is 35.6 Å². The number of hydrogen-bond donors (Lipinski definition) is 0. The lowest BCUT2D eigenvalue weighted by Crippen LogP contribution is -2.03. The van der Waals surface area contributed by atoms with Crippen molar-refractivity contribution in [2.75, 3.05) is 20.3 Å². The van der Waals surface area contributed by atoms with Gasteiger partial charge in [0.1, 0.15) is 18.2 Å². The number of aromatic nitrogens is 4. The molecule has 0 radical (unpaired) electrons. The Labute approximate surface area is 181 Å². The van der Waals surface area contributed by atoms with Gasteiger partial charge in [-0.15, -0.1) is 0 Å². The van der Waals surface area contributed by atoms with Crippen LogP contribution >= 0.6 is 0 Å². The van der Waals surface area contributed by atoms with E-state index in [1.54, 1.807) is 25.7 Å². The van der Waals surface area contributed by atoms with Crippen LogP contribution in [0.2, 0.25) is 0 Å². The molecule has 3 aromatic rings. The van der Waals surface area contributed by atoms with Gasteiger partial charge in [-0.05, 0) is 61.4 Å². The van der Waals surface area contributed by atoms with Crippen LogP contribution in [0.25, 0.3) is 16.7 Å². The number of pyridine rings is 2. The van der Waals surface area contributed by atoms with Gasteiger partial charge in [0.05, 0.1) is 31.2 Å². The highest BCUT2D eigenvalue weighted by Crippen LogP contribution is 2.40. The van der Waals surface area contributed by atoms with Gasteiger partial charge in [0.25, 0.3) is 0 Å². The molecule has 0 aromatic carbocycles. The Kier molecular flexibility index (Phi) is 5.24. The Morgan fingerprint density at radius 3 is 2.58 bits per heavy atom. The molecule has 1 fully saturated rings. The van der Waals surface area contributed by atoms with Crippen LogP contribution in [0.5, 0.6) is 17.5 Å². The minimum absolute atomic E-state index is 0.475. The minimum atomic E-state index is 0.475. The number of ether oxygens (including phenoxy) is 3. The van der Waals surface area contributed by atoms with Gasteiger partial charge in [0.15, 0.2) is 0 Å². The molecule has 3 heterocycles. The van der Waals surface area contributed by atoms with E-state index >= 15 is 0 Å². The van der Waals surface area contributed by atoms with Crippen molar-refractivity contribution in [3.8, 4) is 28.6 Å². The zero-order valence-corrected chi connectivity index (χ0v) is 17.7. The molecular weight excluding hydrogens is 392 g/mol. The van der Waals surface area contributed by atoms with Crippen molar-refractivity contribution < 1.29 is 14.2 Å². The van der Waals surface area contributed by atoms with Crippen LogP contribution in [0.15, 0.2) is 48.4 Å². The van der Waals surface area contributed by atoms with E-state index in [1.807, 2.05) is 31.2 Å². The molecule has 2 aliphatic rings. The largest absolute Gasteiger partial charge is 0.495 e. The zero-order chi connectivity index (χ0) is 21.2. The van der Waals surface area contributed by atoms with Gasteiger partial charge in [0, 0.05) is 24.0 Å². The molecule has 3 aromatic heterocycles. The zero-order valence-electron chi connectivity index (χ0n) is 17.7. The summed E-state index contributed by atoms with van der Waals surface area (Å²) in [6.07, 6.45) is 8.71. The van der Waals surface area contributed by atoms with E-state index in [0.29, 0.717) is 30.1 Å². The van der Waals surface area contributed by atoms with Crippen molar-refractivity contribution in [2.24, 2.45) is 5.92 Å². The van der Waals surface area contributed by atoms with Crippen LogP contribution in [0.4, 0.5) is 0 Å². The maximum absolute atomic E-state index is 6.09. The fraction of sp³-hybridized carbons (Fsp3) is 0.333. The number of rotatable bonds is 9. The first kappa shape index (κ1) is 19.5. The van der Waals surface area contributed by atoms with Crippen LogP contribution in [-0.2, 0) is 0 Å². The molecule has 5 rings (SSSR count). The standard InChI is InChI=1S/C24H24N4O3/c1-15-25-12-21(17-5-8-23(27-10-17)30-13-16-3-4-16)24(28-15)31-14-18-9-20(18)22-7-6-19(29-2)11-26-22/h5-8,10-12,16H,3-4,9,13-14H2,1-2H3. The molecule has 0 aliphatic heterocycles. The van der Waals surface area contributed by atoms with Gasteiger partial charge in [-0.2, -0.15) is 4.98 Å². The van der Waals surface area contributed by atoms with Crippen molar-refractivity contribution in [1.29, 1.82) is 0 Å². The van der Waals surface area contributed by atoms with Crippen LogP contribution in [0.1, 0.15) is 30.8 Å². The van der Waals surface area contributed by atoms with Gasteiger partial charge < -0.3 is 14.2 Å². The molecule has 0 spiro atoms. The number of hydrogen-bond acceptors (Lipinski definition) is 7. The average Bonchev–Trinajstić information content (AvgIpc) is 3.73. The van der Waals surface area contributed by atoms with E-state index in [-0.39, 0.29) is 0 Å². The van der Waals surface area contributed by atoms with Crippen molar-refractivity contribution >= 4 is 5.57 Å². The number of nitrogens with zero attached hydrogens (tertiary/aromatic N) is 4. The molecule has 7 heteroatoms. The third-order valence-corrected chi connectivity index (χ3v) is 5.44. The predicted molar refractivity (Wildman–Crippen MR) is 116 cm³/mol. The molecule has 0 unspecified atom stereocenters.